The number of amides is 1. The predicted octanol–water partition coefficient (Wildman–Crippen LogP) is 2.89. The van der Waals surface area contributed by atoms with Gasteiger partial charge in [0, 0.05) is 18.4 Å². The van der Waals surface area contributed by atoms with Gasteiger partial charge < -0.3 is 9.88 Å². The van der Waals surface area contributed by atoms with Crippen LogP contribution in [0.15, 0.2) is 64.2 Å². The highest BCUT2D eigenvalue weighted by Crippen LogP contribution is 2.16. The number of fused-ring (bicyclic) bond motifs is 1. The Morgan fingerprint density at radius 2 is 1.71 bits per heavy atom. The molecule has 2 aromatic carbocycles. The Kier molecular flexibility index (Phi) is 5.06. The quantitative estimate of drug-likeness (QED) is 0.552. The van der Waals surface area contributed by atoms with Crippen molar-refractivity contribution in [3.63, 3.8) is 0 Å². The van der Waals surface area contributed by atoms with E-state index in [-0.39, 0.29) is 17.7 Å². The molecule has 2 heterocycles. The lowest BCUT2D eigenvalue weighted by Crippen LogP contribution is -2.41. The number of carbonyl (C=O) groups is 1. The topological polar surface area (TPSA) is 78.0 Å². The Morgan fingerprint density at radius 1 is 1.03 bits per heavy atom. The fraction of sp³-hybridized carbons (Fsp3) is 0.174. The lowest BCUT2D eigenvalue weighted by molar-refractivity contribution is -0.116. The second-order valence-electron chi connectivity index (χ2n) is 7.43. The van der Waals surface area contributed by atoms with Crippen LogP contribution < -0.4 is 16.6 Å². The van der Waals surface area contributed by atoms with Crippen molar-refractivity contribution in [3.05, 3.63) is 92.5 Å². The molecule has 0 unspecified atom stereocenters. The van der Waals surface area contributed by atoms with Gasteiger partial charge >= 0.3 is 5.69 Å². The summed E-state index contributed by atoms with van der Waals surface area (Å²) in [5.41, 5.74) is 1.97. The van der Waals surface area contributed by atoms with Gasteiger partial charge in [-0.2, -0.15) is 0 Å². The number of aromatic nitrogens is 3. The van der Waals surface area contributed by atoms with E-state index in [4.69, 9.17) is 0 Å². The molecule has 1 N–H and O–H groups in total. The maximum atomic E-state index is 13.4. The summed E-state index contributed by atoms with van der Waals surface area (Å²) in [5.74, 6) is -0.881. The van der Waals surface area contributed by atoms with Gasteiger partial charge in [0.1, 0.15) is 17.9 Å². The molecule has 0 spiro atoms. The number of carbonyl (C=O) groups excluding carboxylic acids is 1. The molecule has 0 fully saturated rings. The first-order valence-corrected chi connectivity index (χ1v) is 9.71. The smallest absolute Gasteiger partial charge is 0.336 e. The molecule has 158 valence electrons. The number of hydrogen-bond acceptors (Lipinski definition) is 3. The molecule has 0 aliphatic rings. The summed E-state index contributed by atoms with van der Waals surface area (Å²) in [6, 6.07) is 14.1. The molecule has 0 saturated carbocycles. The second-order valence-corrected chi connectivity index (χ2v) is 7.43. The number of nitrogens with zero attached hydrogens (tertiary/aromatic N) is 3. The molecule has 0 aliphatic carbocycles. The first-order chi connectivity index (χ1) is 14.8. The first kappa shape index (κ1) is 20.3. The summed E-state index contributed by atoms with van der Waals surface area (Å²) in [6.45, 7) is 3.40. The van der Waals surface area contributed by atoms with Gasteiger partial charge in [0.25, 0.3) is 5.56 Å². The highest BCUT2D eigenvalue weighted by Gasteiger charge is 2.20. The number of anilines is 1. The summed E-state index contributed by atoms with van der Waals surface area (Å²) in [5, 5.41) is 2.81. The van der Waals surface area contributed by atoms with Crippen LogP contribution in [0.1, 0.15) is 11.3 Å². The third kappa shape index (κ3) is 3.56. The highest BCUT2D eigenvalue weighted by molar-refractivity contribution is 5.92. The van der Waals surface area contributed by atoms with Crippen LogP contribution >= 0.6 is 0 Å². The largest absolute Gasteiger partial charge is 0.342 e. The Bertz CT molecular complexity index is 1430. The zero-order valence-corrected chi connectivity index (χ0v) is 17.3. The molecule has 8 heteroatoms. The van der Waals surface area contributed by atoms with E-state index in [0.717, 1.165) is 15.8 Å². The molecule has 0 bridgehead atoms. The number of para-hydroxylation sites is 1. The first-order valence-electron chi connectivity index (χ1n) is 9.71. The van der Waals surface area contributed by atoms with Crippen molar-refractivity contribution >= 4 is 22.6 Å². The number of rotatable bonds is 4. The number of halogens is 1. The fourth-order valence-corrected chi connectivity index (χ4v) is 3.60. The Labute approximate surface area is 177 Å². The van der Waals surface area contributed by atoms with Gasteiger partial charge in [0.15, 0.2) is 0 Å². The molecule has 1 amide bonds. The number of hydrogen-bond donors (Lipinski definition) is 1. The van der Waals surface area contributed by atoms with Crippen LogP contribution in [-0.2, 0) is 18.4 Å². The summed E-state index contributed by atoms with van der Waals surface area (Å²) in [4.78, 5) is 39.3. The second kappa shape index (κ2) is 7.71. The van der Waals surface area contributed by atoms with E-state index in [2.05, 4.69) is 5.32 Å². The SMILES string of the molecule is Cc1ccccc1NC(=O)Cn1c(=O)n(-c2ccc(F)cc2)c(=O)c2c1cc(C)n2C. The molecular weight excluding hydrogens is 399 g/mol. The molecule has 7 nitrogen and oxygen atoms in total. The van der Waals surface area contributed by atoms with Gasteiger partial charge in [0.05, 0.1) is 11.2 Å². The van der Waals surface area contributed by atoms with E-state index in [1.807, 2.05) is 32.0 Å². The van der Waals surface area contributed by atoms with Crippen molar-refractivity contribution in [3.8, 4) is 5.69 Å². The Morgan fingerprint density at radius 3 is 2.39 bits per heavy atom. The van der Waals surface area contributed by atoms with Gasteiger partial charge in [-0.1, -0.05) is 18.2 Å². The van der Waals surface area contributed by atoms with Crippen molar-refractivity contribution in [1.29, 1.82) is 0 Å². The van der Waals surface area contributed by atoms with E-state index in [1.54, 1.807) is 23.7 Å². The van der Waals surface area contributed by atoms with Crippen LogP contribution in [0.4, 0.5) is 10.1 Å². The summed E-state index contributed by atoms with van der Waals surface area (Å²) in [7, 11) is 1.72. The zero-order chi connectivity index (χ0) is 22.3. The molecule has 0 atom stereocenters. The van der Waals surface area contributed by atoms with Gasteiger partial charge in [-0.05, 0) is 55.8 Å². The van der Waals surface area contributed by atoms with Crippen LogP contribution in [0.25, 0.3) is 16.7 Å². The molecule has 31 heavy (non-hydrogen) atoms. The van der Waals surface area contributed by atoms with E-state index in [9.17, 15) is 18.8 Å². The monoisotopic (exact) mass is 420 g/mol. The molecule has 0 radical (unpaired) electrons. The minimum absolute atomic E-state index is 0.227. The Hall–Kier alpha value is -3.94. The van der Waals surface area contributed by atoms with Crippen molar-refractivity contribution in [1.82, 2.24) is 13.7 Å². The lowest BCUT2D eigenvalue weighted by Gasteiger charge is -2.14. The standard InChI is InChI=1S/C23H21FN4O3/c1-14-6-4-5-7-18(14)25-20(29)13-27-19-12-15(2)26(3)21(19)22(30)28(23(27)31)17-10-8-16(24)9-11-17/h4-12H,13H2,1-3H3,(H,25,29). The van der Waals surface area contributed by atoms with E-state index >= 15 is 0 Å². The molecule has 0 aliphatic heterocycles. The third-order valence-corrected chi connectivity index (χ3v) is 5.38. The molecular formula is C23H21FN4O3. The normalized spacial score (nSPS) is 11.1. The van der Waals surface area contributed by atoms with Crippen LogP contribution in [0.3, 0.4) is 0 Å². The number of benzene rings is 2. The Balaban J connectivity index is 1.88. The maximum Gasteiger partial charge on any atom is 0.336 e. The van der Waals surface area contributed by atoms with Gasteiger partial charge in [-0.3, -0.25) is 14.2 Å². The minimum atomic E-state index is -0.672. The molecule has 4 aromatic rings. The average molecular weight is 420 g/mol. The average Bonchev–Trinajstić information content (AvgIpc) is 3.03. The van der Waals surface area contributed by atoms with E-state index in [1.165, 1.54) is 28.8 Å². The van der Waals surface area contributed by atoms with Gasteiger partial charge in [0.2, 0.25) is 5.91 Å². The van der Waals surface area contributed by atoms with Crippen molar-refractivity contribution in [2.24, 2.45) is 7.05 Å². The maximum absolute atomic E-state index is 13.4. The summed E-state index contributed by atoms with van der Waals surface area (Å²) < 4.78 is 17.3. The van der Waals surface area contributed by atoms with Crippen molar-refractivity contribution in [2.45, 2.75) is 20.4 Å². The summed E-state index contributed by atoms with van der Waals surface area (Å²) >= 11 is 0. The minimum Gasteiger partial charge on any atom is -0.342 e. The van der Waals surface area contributed by atoms with Gasteiger partial charge in [-0.15, -0.1) is 0 Å². The molecule has 4 rings (SSSR count). The summed E-state index contributed by atoms with van der Waals surface area (Å²) in [6.07, 6.45) is 0. The predicted molar refractivity (Wildman–Crippen MR) is 117 cm³/mol. The van der Waals surface area contributed by atoms with Crippen LogP contribution in [0.5, 0.6) is 0 Å². The van der Waals surface area contributed by atoms with E-state index < -0.39 is 23.0 Å². The lowest BCUT2D eigenvalue weighted by atomic mass is 10.2. The molecule has 2 aromatic heterocycles. The highest BCUT2D eigenvalue weighted by atomic mass is 19.1. The zero-order valence-electron chi connectivity index (χ0n) is 17.3. The van der Waals surface area contributed by atoms with Crippen LogP contribution in [0, 0.1) is 19.7 Å². The van der Waals surface area contributed by atoms with Crippen LogP contribution in [0.2, 0.25) is 0 Å². The van der Waals surface area contributed by atoms with Gasteiger partial charge in [-0.25, -0.2) is 13.8 Å². The number of aryl methyl sites for hydroxylation is 3. The molecule has 0 saturated heterocycles. The fourth-order valence-electron chi connectivity index (χ4n) is 3.60. The van der Waals surface area contributed by atoms with E-state index in [0.29, 0.717) is 11.2 Å². The van der Waals surface area contributed by atoms with Crippen molar-refractivity contribution in [2.75, 3.05) is 5.32 Å². The number of nitrogens with one attached hydrogen (secondary N) is 1. The van der Waals surface area contributed by atoms with Crippen molar-refractivity contribution < 1.29 is 9.18 Å². The van der Waals surface area contributed by atoms with Crippen LogP contribution in [-0.4, -0.2) is 19.6 Å². The third-order valence-electron chi connectivity index (χ3n) is 5.38.